The van der Waals surface area contributed by atoms with Crippen LogP contribution in [0.1, 0.15) is 11.5 Å². The van der Waals surface area contributed by atoms with Gasteiger partial charge in [-0.3, -0.25) is 0 Å². The molecule has 1 aromatic heterocycles. The zero-order valence-corrected chi connectivity index (χ0v) is 4.89. The number of aryl methyl sites for hydroxylation is 2. The van der Waals surface area contributed by atoms with Gasteiger partial charge in [0.05, 0.1) is 5.69 Å². The summed E-state index contributed by atoms with van der Waals surface area (Å²) in [4.78, 5) is 6.56. The molecule has 0 atom stereocenters. The molecular weight excluding hydrogens is 104 g/mol. The number of nitrogens with zero attached hydrogens (tertiary/aromatic N) is 1. The largest absolute Gasteiger partial charge is 0.492 e. The van der Waals surface area contributed by atoms with E-state index in [4.69, 9.17) is 5.11 Å². The first-order valence-electron chi connectivity index (χ1n) is 2.42. The van der Waals surface area contributed by atoms with Crippen molar-refractivity contribution in [1.29, 1.82) is 0 Å². The van der Waals surface area contributed by atoms with Crippen LogP contribution in [0.25, 0.3) is 0 Å². The van der Waals surface area contributed by atoms with E-state index in [1.807, 2.05) is 0 Å². The van der Waals surface area contributed by atoms with Gasteiger partial charge in [0.15, 0.2) is 0 Å². The van der Waals surface area contributed by atoms with Crippen LogP contribution in [0.5, 0.6) is 5.88 Å². The molecular formula is C5H8N2O. The second-order valence-corrected chi connectivity index (χ2v) is 1.77. The predicted molar refractivity (Wildman–Crippen MR) is 29.7 cm³/mol. The number of hydrogen-bond acceptors (Lipinski definition) is 2. The first-order valence-corrected chi connectivity index (χ1v) is 2.42. The molecule has 3 nitrogen and oxygen atoms in total. The van der Waals surface area contributed by atoms with Crippen molar-refractivity contribution in [3.05, 3.63) is 11.5 Å². The lowest BCUT2D eigenvalue weighted by molar-refractivity contribution is 0.451. The van der Waals surface area contributed by atoms with Gasteiger partial charge in [0.2, 0.25) is 5.88 Å². The SMILES string of the molecule is Cc1nc(O)c(C)[nH]1. The quantitative estimate of drug-likeness (QED) is 0.519. The van der Waals surface area contributed by atoms with Gasteiger partial charge in [-0.25, -0.2) is 0 Å². The highest BCUT2D eigenvalue weighted by Crippen LogP contribution is 2.09. The molecule has 1 rings (SSSR count). The Kier molecular flexibility index (Phi) is 0.970. The van der Waals surface area contributed by atoms with Gasteiger partial charge < -0.3 is 10.1 Å². The van der Waals surface area contributed by atoms with E-state index in [2.05, 4.69) is 9.97 Å². The summed E-state index contributed by atoms with van der Waals surface area (Å²) in [7, 11) is 0. The number of H-pyrrole nitrogens is 1. The van der Waals surface area contributed by atoms with Crippen LogP contribution in [0.2, 0.25) is 0 Å². The average Bonchev–Trinajstić information content (AvgIpc) is 1.85. The molecule has 0 aromatic carbocycles. The van der Waals surface area contributed by atoms with E-state index in [9.17, 15) is 0 Å². The average molecular weight is 112 g/mol. The van der Waals surface area contributed by atoms with E-state index >= 15 is 0 Å². The molecule has 0 spiro atoms. The van der Waals surface area contributed by atoms with Crippen molar-refractivity contribution in [1.82, 2.24) is 9.97 Å². The molecule has 2 N–H and O–H groups in total. The van der Waals surface area contributed by atoms with Crippen LogP contribution in [-0.2, 0) is 0 Å². The molecule has 0 saturated carbocycles. The maximum absolute atomic E-state index is 8.80. The Morgan fingerprint density at radius 1 is 1.50 bits per heavy atom. The smallest absolute Gasteiger partial charge is 0.232 e. The van der Waals surface area contributed by atoms with Crippen molar-refractivity contribution >= 4 is 0 Å². The number of imidazole rings is 1. The molecule has 0 aliphatic heterocycles. The standard InChI is InChI=1S/C5H8N2O/c1-3-5(8)7-4(2)6-3/h8H,1-2H3,(H,6,7). The van der Waals surface area contributed by atoms with Crippen LogP contribution in [0, 0.1) is 13.8 Å². The second kappa shape index (κ2) is 1.51. The van der Waals surface area contributed by atoms with E-state index in [0.29, 0.717) is 0 Å². The van der Waals surface area contributed by atoms with Gasteiger partial charge in [0.25, 0.3) is 0 Å². The molecule has 44 valence electrons. The Bertz CT molecular complexity index is 173. The van der Waals surface area contributed by atoms with E-state index in [-0.39, 0.29) is 5.88 Å². The van der Waals surface area contributed by atoms with Gasteiger partial charge in [0.1, 0.15) is 5.82 Å². The third kappa shape index (κ3) is 0.665. The summed E-state index contributed by atoms with van der Waals surface area (Å²) < 4.78 is 0. The fraction of sp³-hybridized carbons (Fsp3) is 0.400. The monoisotopic (exact) mass is 112 g/mol. The Balaban J connectivity index is 3.14. The van der Waals surface area contributed by atoms with Crippen molar-refractivity contribution in [3.8, 4) is 5.88 Å². The molecule has 0 saturated heterocycles. The van der Waals surface area contributed by atoms with Gasteiger partial charge in [-0.1, -0.05) is 0 Å². The molecule has 0 aliphatic rings. The highest BCUT2D eigenvalue weighted by Gasteiger charge is 1.97. The molecule has 0 amide bonds. The highest BCUT2D eigenvalue weighted by atomic mass is 16.3. The Labute approximate surface area is 47.4 Å². The third-order valence-corrected chi connectivity index (χ3v) is 0.977. The number of aromatic amines is 1. The number of aromatic hydroxyl groups is 1. The summed E-state index contributed by atoms with van der Waals surface area (Å²) in [5.41, 5.74) is 0.725. The van der Waals surface area contributed by atoms with Crippen LogP contribution in [0.3, 0.4) is 0 Å². The molecule has 0 unspecified atom stereocenters. The number of aromatic nitrogens is 2. The minimum atomic E-state index is 0.0995. The molecule has 3 heteroatoms. The van der Waals surface area contributed by atoms with Crippen LogP contribution < -0.4 is 0 Å². The van der Waals surface area contributed by atoms with Crippen molar-refractivity contribution < 1.29 is 5.11 Å². The van der Waals surface area contributed by atoms with E-state index in [1.165, 1.54) is 0 Å². The zero-order chi connectivity index (χ0) is 6.15. The summed E-state index contributed by atoms with van der Waals surface area (Å²) in [5.74, 6) is 0.850. The van der Waals surface area contributed by atoms with Crippen molar-refractivity contribution in [2.24, 2.45) is 0 Å². The first-order chi connectivity index (χ1) is 3.70. The molecule has 1 aromatic rings. The van der Waals surface area contributed by atoms with Crippen LogP contribution in [-0.4, -0.2) is 15.1 Å². The molecule has 0 fully saturated rings. The highest BCUT2D eigenvalue weighted by molar-refractivity contribution is 5.16. The summed E-state index contributed by atoms with van der Waals surface area (Å²) in [6.45, 7) is 3.57. The van der Waals surface area contributed by atoms with Crippen LogP contribution in [0.4, 0.5) is 0 Å². The fourth-order valence-corrected chi connectivity index (χ4v) is 0.598. The Morgan fingerprint density at radius 2 is 2.12 bits per heavy atom. The lowest BCUT2D eigenvalue weighted by atomic mass is 10.5. The number of nitrogens with one attached hydrogen (secondary N) is 1. The third-order valence-electron chi connectivity index (χ3n) is 0.977. The normalized spacial score (nSPS) is 9.75. The maximum atomic E-state index is 8.80. The fourth-order valence-electron chi connectivity index (χ4n) is 0.598. The van der Waals surface area contributed by atoms with Gasteiger partial charge >= 0.3 is 0 Å². The Hall–Kier alpha value is -0.990. The molecule has 8 heavy (non-hydrogen) atoms. The lowest BCUT2D eigenvalue weighted by Crippen LogP contribution is -1.70. The number of rotatable bonds is 0. The zero-order valence-electron chi connectivity index (χ0n) is 4.89. The molecule has 0 bridgehead atoms. The van der Waals surface area contributed by atoms with Gasteiger partial charge in [-0.05, 0) is 13.8 Å². The summed E-state index contributed by atoms with van der Waals surface area (Å²) in [6, 6.07) is 0. The van der Waals surface area contributed by atoms with Crippen molar-refractivity contribution in [2.45, 2.75) is 13.8 Å². The molecule has 0 radical (unpaired) electrons. The van der Waals surface area contributed by atoms with E-state index in [1.54, 1.807) is 13.8 Å². The predicted octanol–water partition coefficient (Wildman–Crippen LogP) is 0.732. The van der Waals surface area contributed by atoms with Crippen LogP contribution >= 0.6 is 0 Å². The molecule has 0 aliphatic carbocycles. The van der Waals surface area contributed by atoms with Gasteiger partial charge in [-0.15, -0.1) is 0 Å². The van der Waals surface area contributed by atoms with Gasteiger partial charge in [0, 0.05) is 0 Å². The van der Waals surface area contributed by atoms with E-state index in [0.717, 1.165) is 11.5 Å². The van der Waals surface area contributed by atoms with Gasteiger partial charge in [-0.2, -0.15) is 4.98 Å². The molecule has 1 heterocycles. The minimum Gasteiger partial charge on any atom is -0.492 e. The second-order valence-electron chi connectivity index (χ2n) is 1.77. The maximum Gasteiger partial charge on any atom is 0.232 e. The summed E-state index contributed by atoms with van der Waals surface area (Å²) in [5, 5.41) is 8.80. The first kappa shape index (κ1) is 5.15. The summed E-state index contributed by atoms with van der Waals surface area (Å²) in [6.07, 6.45) is 0. The van der Waals surface area contributed by atoms with E-state index < -0.39 is 0 Å². The minimum absolute atomic E-state index is 0.0995. The Morgan fingerprint density at radius 3 is 2.25 bits per heavy atom. The lowest BCUT2D eigenvalue weighted by Gasteiger charge is -1.78. The topological polar surface area (TPSA) is 48.9 Å². The van der Waals surface area contributed by atoms with Crippen LogP contribution in [0.15, 0.2) is 0 Å². The van der Waals surface area contributed by atoms with Crippen molar-refractivity contribution in [2.75, 3.05) is 0 Å². The van der Waals surface area contributed by atoms with Crippen molar-refractivity contribution in [3.63, 3.8) is 0 Å². The number of hydrogen-bond donors (Lipinski definition) is 2. The summed E-state index contributed by atoms with van der Waals surface area (Å²) >= 11 is 0.